The molecular weight excluding hydrogens is 542 g/mol. The van der Waals surface area contributed by atoms with E-state index in [1.165, 1.54) is 4.90 Å². The average molecular weight is 570 g/mol. The van der Waals surface area contributed by atoms with Crippen molar-refractivity contribution >= 4 is 55.4 Å². The van der Waals surface area contributed by atoms with Crippen molar-refractivity contribution < 1.29 is 23.8 Å². The topological polar surface area (TPSA) is 74.9 Å². The van der Waals surface area contributed by atoms with E-state index in [1.807, 2.05) is 48.5 Å². The molecule has 2 aromatic heterocycles. The number of nitrogens with zero attached hydrogens (tertiary/aromatic N) is 3. The SMILES string of the molecule is COc1ccc(CN2C(=O)c3c(c4c5cc(OC)ccc5n5c4c4c3c3cc(OC)ccc3n4C3C=C[C@@H]5C3)C2=O)cc1. The molecule has 3 aliphatic rings. The molecule has 0 spiro atoms. The van der Waals surface area contributed by atoms with Crippen LogP contribution in [-0.2, 0) is 6.54 Å². The molecule has 2 atom stereocenters. The molecule has 8 heteroatoms. The van der Waals surface area contributed by atoms with Crippen molar-refractivity contribution in [3.63, 3.8) is 0 Å². The third-order valence-electron chi connectivity index (χ3n) is 9.51. The lowest BCUT2D eigenvalue weighted by atomic mass is 9.96. The molecule has 1 unspecified atom stereocenters. The Morgan fingerprint density at radius 1 is 0.651 bits per heavy atom. The van der Waals surface area contributed by atoms with E-state index < -0.39 is 0 Å². The number of imide groups is 1. The molecule has 0 radical (unpaired) electrons. The van der Waals surface area contributed by atoms with Crippen molar-refractivity contribution in [2.45, 2.75) is 25.0 Å². The first-order chi connectivity index (χ1) is 21.0. The molecule has 4 heterocycles. The molecule has 43 heavy (non-hydrogen) atoms. The van der Waals surface area contributed by atoms with Crippen molar-refractivity contribution in [2.75, 3.05) is 21.3 Å². The predicted molar refractivity (Wildman–Crippen MR) is 165 cm³/mol. The Hall–Kier alpha value is -5.24. The second-order valence-electron chi connectivity index (χ2n) is 11.5. The van der Waals surface area contributed by atoms with E-state index in [9.17, 15) is 9.59 Å². The zero-order valence-electron chi connectivity index (χ0n) is 23.9. The number of carbonyl (C=O) groups excluding carboxylic acids is 2. The van der Waals surface area contributed by atoms with Crippen LogP contribution in [0.5, 0.6) is 17.2 Å². The first-order valence-corrected chi connectivity index (χ1v) is 14.4. The van der Waals surface area contributed by atoms with Gasteiger partial charge in [-0.15, -0.1) is 0 Å². The highest BCUT2D eigenvalue weighted by molar-refractivity contribution is 6.39. The zero-order valence-corrected chi connectivity index (χ0v) is 23.9. The van der Waals surface area contributed by atoms with E-state index in [2.05, 4.69) is 33.4 Å². The molecule has 1 aliphatic carbocycles. The van der Waals surface area contributed by atoms with Gasteiger partial charge in [0.25, 0.3) is 11.8 Å². The van der Waals surface area contributed by atoms with Gasteiger partial charge < -0.3 is 23.3 Å². The van der Waals surface area contributed by atoms with E-state index in [0.29, 0.717) is 22.6 Å². The summed E-state index contributed by atoms with van der Waals surface area (Å²) in [4.78, 5) is 30.4. The van der Waals surface area contributed by atoms with Crippen LogP contribution in [0.25, 0.3) is 43.6 Å². The van der Waals surface area contributed by atoms with Gasteiger partial charge in [0.2, 0.25) is 0 Å². The van der Waals surface area contributed by atoms with Crippen LogP contribution >= 0.6 is 0 Å². The van der Waals surface area contributed by atoms with Gasteiger partial charge in [0.1, 0.15) is 17.2 Å². The van der Waals surface area contributed by atoms with Gasteiger partial charge >= 0.3 is 0 Å². The summed E-state index contributed by atoms with van der Waals surface area (Å²) in [6, 6.07) is 19.8. The third-order valence-corrected chi connectivity index (χ3v) is 9.51. The molecule has 4 aromatic carbocycles. The number of benzene rings is 4. The Morgan fingerprint density at radius 2 is 1.12 bits per heavy atom. The van der Waals surface area contributed by atoms with E-state index in [4.69, 9.17) is 14.2 Å². The van der Waals surface area contributed by atoms with Crippen molar-refractivity contribution in [3.8, 4) is 17.2 Å². The van der Waals surface area contributed by atoms with E-state index in [0.717, 1.165) is 61.3 Å². The number of aromatic nitrogens is 2. The minimum Gasteiger partial charge on any atom is -0.497 e. The highest BCUT2D eigenvalue weighted by Crippen LogP contribution is 2.53. The third kappa shape index (κ3) is 3.00. The number of amides is 2. The molecule has 0 N–H and O–H groups in total. The lowest BCUT2D eigenvalue weighted by molar-refractivity contribution is 0.0643. The van der Waals surface area contributed by atoms with Crippen LogP contribution in [0.3, 0.4) is 0 Å². The molecule has 2 bridgehead atoms. The lowest BCUT2D eigenvalue weighted by Crippen LogP contribution is -2.29. The number of ether oxygens (including phenoxy) is 3. The number of hydrogen-bond donors (Lipinski definition) is 0. The first-order valence-electron chi connectivity index (χ1n) is 14.4. The maximum absolute atomic E-state index is 14.5. The highest BCUT2D eigenvalue weighted by atomic mass is 16.5. The lowest BCUT2D eigenvalue weighted by Gasteiger charge is -2.15. The normalized spacial score (nSPS) is 18.5. The molecule has 0 saturated carbocycles. The largest absolute Gasteiger partial charge is 0.497 e. The summed E-state index contributed by atoms with van der Waals surface area (Å²) in [5.41, 5.74) is 5.77. The van der Waals surface area contributed by atoms with E-state index in [1.54, 1.807) is 21.3 Å². The zero-order chi connectivity index (χ0) is 29.1. The summed E-state index contributed by atoms with van der Waals surface area (Å²) in [5.74, 6) is 1.56. The Kier molecular flexibility index (Phi) is 4.77. The van der Waals surface area contributed by atoms with Crippen LogP contribution < -0.4 is 14.2 Å². The second kappa shape index (κ2) is 8.41. The minimum absolute atomic E-state index is 0.121. The average Bonchev–Trinajstić information content (AvgIpc) is 3.75. The molecule has 6 aromatic rings. The maximum Gasteiger partial charge on any atom is 0.262 e. The van der Waals surface area contributed by atoms with Gasteiger partial charge in [-0.25, -0.2) is 0 Å². The van der Waals surface area contributed by atoms with Gasteiger partial charge in [-0.2, -0.15) is 0 Å². The first kappa shape index (κ1) is 24.4. The number of methoxy groups -OCH3 is 3. The molecule has 212 valence electrons. The Morgan fingerprint density at radius 3 is 1.58 bits per heavy atom. The summed E-state index contributed by atoms with van der Waals surface area (Å²) in [6.07, 6.45) is 5.43. The fourth-order valence-corrected chi connectivity index (χ4v) is 7.64. The minimum atomic E-state index is -0.284. The molecule has 0 saturated heterocycles. The van der Waals surface area contributed by atoms with Gasteiger partial charge in [-0.05, 0) is 60.5 Å². The highest BCUT2D eigenvalue weighted by Gasteiger charge is 2.44. The molecular formula is C35H27N3O5. The van der Waals surface area contributed by atoms with Crippen LogP contribution in [0, 0.1) is 0 Å². The summed E-state index contributed by atoms with van der Waals surface area (Å²) in [7, 11) is 4.91. The van der Waals surface area contributed by atoms with Crippen molar-refractivity contribution in [2.24, 2.45) is 0 Å². The Balaban J connectivity index is 1.44. The number of hydrogen-bond acceptors (Lipinski definition) is 5. The van der Waals surface area contributed by atoms with Crippen LogP contribution in [0.1, 0.15) is 44.8 Å². The number of allylic oxidation sites excluding steroid dienone is 2. The summed E-state index contributed by atoms with van der Waals surface area (Å²) < 4.78 is 21.3. The fourth-order valence-electron chi connectivity index (χ4n) is 7.64. The summed E-state index contributed by atoms with van der Waals surface area (Å²) >= 11 is 0. The van der Waals surface area contributed by atoms with Gasteiger partial charge in [0.05, 0.1) is 73.2 Å². The van der Waals surface area contributed by atoms with Gasteiger partial charge in [-0.1, -0.05) is 24.3 Å². The Bertz CT molecular complexity index is 2120. The maximum atomic E-state index is 14.5. The van der Waals surface area contributed by atoms with Crippen molar-refractivity contribution in [3.05, 3.63) is 89.5 Å². The summed E-state index contributed by atoms with van der Waals surface area (Å²) in [6.45, 7) is 0.163. The van der Waals surface area contributed by atoms with Gasteiger partial charge in [0, 0.05) is 21.5 Å². The van der Waals surface area contributed by atoms with Crippen LogP contribution in [0.2, 0.25) is 0 Å². The molecule has 0 fully saturated rings. The molecule has 2 amide bonds. The monoisotopic (exact) mass is 569 g/mol. The Labute approximate surface area is 246 Å². The van der Waals surface area contributed by atoms with Crippen LogP contribution in [0.15, 0.2) is 72.8 Å². The van der Waals surface area contributed by atoms with E-state index in [-0.39, 0.29) is 30.4 Å². The standard InChI is InChI=1S/C35H27N3O5/c1-41-21-8-4-18(5-9-21)17-36-34(39)30-28-24-15-22(42-2)10-12-26(24)37-19-6-7-20(14-19)38-27-13-11-23(43-3)16-25(27)29(31(30)35(36)40)33(38)32(28)37/h4-13,15-16,19-20H,14,17H2,1-3H3/t19-,20?/m1/s1. The van der Waals surface area contributed by atoms with Crippen LogP contribution in [0.4, 0.5) is 0 Å². The van der Waals surface area contributed by atoms with Gasteiger partial charge in [0.15, 0.2) is 0 Å². The van der Waals surface area contributed by atoms with Crippen LogP contribution in [-0.4, -0.2) is 47.2 Å². The summed E-state index contributed by atoms with van der Waals surface area (Å²) in [5, 5.41) is 3.44. The fraction of sp³-hybridized carbons (Fsp3) is 0.200. The quantitative estimate of drug-likeness (QED) is 0.169. The van der Waals surface area contributed by atoms with Gasteiger partial charge in [-0.3, -0.25) is 14.5 Å². The predicted octanol–water partition coefficient (Wildman–Crippen LogP) is 6.78. The smallest absolute Gasteiger partial charge is 0.262 e. The van der Waals surface area contributed by atoms with Crippen molar-refractivity contribution in [1.29, 1.82) is 0 Å². The molecule has 2 aliphatic heterocycles. The number of carbonyl (C=O) groups is 2. The number of rotatable bonds is 5. The molecule has 9 rings (SSSR count). The molecule has 8 nitrogen and oxygen atoms in total. The second-order valence-corrected chi connectivity index (χ2v) is 11.5. The van der Waals surface area contributed by atoms with E-state index >= 15 is 0 Å². The van der Waals surface area contributed by atoms with Crippen molar-refractivity contribution in [1.82, 2.24) is 14.0 Å². The number of fused-ring (bicyclic) bond motifs is 13.